The van der Waals surface area contributed by atoms with Crippen molar-refractivity contribution in [2.75, 3.05) is 0 Å². The molecule has 0 heterocycles. The minimum absolute atomic E-state index is 0.0321. The molecule has 0 spiro atoms. The van der Waals surface area contributed by atoms with Crippen molar-refractivity contribution in [3.8, 4) is 0 Å². The maximum absolute atomic E-state index is 12.9. The minimum Gasteiger partial charge on any atom is -0.481 e. The fraction of sp³-hybridized carbons (Fsp3) is 0.500. The number of rotatable bonds is 5. The van der Waals surface area contributed by atoms with Gasteiger partial charge in [0.05, 0.1) is 5.92 Å². The van der Waals surface area contributed by atoms with Crippen molar-refractivity contribution in [1.82, 2.24) is 5.32 Å². The van der Waals surface area contributed by atoms with Crippen LogP contribution in [-0.2, 0) is 9.59 Å². The van der Waals surface area contributed by atoms with Crippen molar-refractivity contribution >= 4 is 11.9 Å². The van der Waals surface area contributed by atoms with E-state index in [1.54, 1.807) is 12.1 Å². The molecule has 1 aromatic carbocycles. The molecule has 1 aliphatic carbocycles. The predicted molar refractivity (Wildman–Crippen MR) is 76.3 cm³/mol. The molecule has 0 bridgehead atoms. The van der Waals surface area contributed by atoms with Crippen molar-refractivity contribution in [2.24, 2.45) is 5.92 Å². The van der Waals surface area contributed by atoms with Crippen LogP contribution in [0.1, 0.15) is 44.1 Å². The normalized spacial score (nSPS) is 22.8. The third kappa shape index (κ3) is 4.03. The first-order valence-electron chi connectivity index (χ1n) is 7.25. The second-order valence-electron chi connectivity index (χ2n) is 5.71. The predicted octanol–water partition coefficient (Wildman–Crippen LogP) is 2.69. The topological polar surface area (TPSA) is 66.4 Å². The standard InChI is InChI=1S/C16H20FNO3/c1-10(11-5-7-12(17)8-6-11)9-15(19)18-14-4-2-3-13(14)16(20)21/h5-8,10,13-14H,2-4,9H2,1H3,(H,18,19)(H,20,21)/t10?,13-,14+/m0/s1. The van der Waals surface area contributed by atoms with Crippen LogP contribution in [0.4, 0.5) is 4.39 Å². The smallest absolute Gasteiger partial charge is 0.308 e. The summed E-state index contributed by atoms with van der Waals surface area (Å²) in [5, 5.41) is 11.9. The van der Waals surface area contributed by atoms with Gasteiger partial charge in [0, 0.05) is 12.5 Å². The zero-order valence-electron chi connectivity index (χ0n) is 12.0. The zero-order chi connectivity index (χ0) is 15.4. The number of benzene rings is 1. The highest BCUT2D eigenvalue weighted by atomic mass is 19.1. The van der Waals surface area contributed by atoms with Crippen LogP contribution in [0, 0.1) is 11.7 Å². The number of hydrogen-bond donors (Lipinski definition) is 2. The Hall–Kier alpha value is -1.91. The SMILES string of the molecule is CC(CC(=O)N[C@@H]1CCC[C@@H]1C(=O)O)c1ccc(F)cc1. The molecule has 1 amide bonds. The van der Waals surface area contributed by atoms with E-state index in [4.69, 9.17) is 5.11 Å². The molecular formula is C16H20FNO3. The van der Waals surface area contributed by atoms with Crippen LogP contribution in [0.2, 0.25) is 0 Å². The van der Waals surface area contributed by atoms with E-state index in [-0.39, 0.29) is 30.1 Å². The Morgan fingerprint density at radius 3 is 2.62 bits per heavy atom. The van der Waals surface area contributed by atoms with E-state index in [1.807, 2.05) is 6.92 Å². The number of nitrogens with one attached hydrogen (secondary N) is 1. The Labute approximate surface area is 123 Å². The van der Waals surface area contributed by atoms with E-state index >= 15 is 0 Å². The first-order chi connectivity index (χ1) is 9.97. The summed E-state index contributed by atoms with van der Waals surface area (Å²) in [6, 6.07) is 5.82. The highest BCUT2D eigenvalue weighted by Gasteiger charge is 2.33. The lowest BCUT2D eigenvalue weighted by Gasteiger charge is -2.19. The molecule has 1 saturated carbocycles. The van der Waals surface area contributed by atoms with Gasteiger partial charge in [0.1, 0.15) is 5.82 Å². The summed E-state index contributed by atoms with van der Waals surface area (Å²) in [5.41, 5.74) is 0.896. The lowest BCUT2D eigenvalue weighted by atomic mass is 9.96. The van der Waals surface area contributed by atoms with E-state index in [1.165, 1.54) is 12.1 Å². The van der Waals surface area contributed by atoms with Gasteiger partial charge >= 0.3 is 5.97 Å². The van der Waals surface area contributed by atoms with E-state index < -0.39 is 11.9 Å². The molecule has 3 atom stereocenters. The third-order valence-corrected chi connectivity index (χ3v) is 4.11. The number of carboxylic acids is 1. The van der Waals surface area contributed by atoms with Gasteiger partial charge in [-0.25, -0.2) is 4.39 Å². The molecule has 21 heavy (non-hydrogen) atoms. The van der Waals surface area contributed by atoms with Gasteiger partial charge in [-0.2, -0.15) is 0 Å². The number of carbonyl (C=O) groups excluding carboxylic acids is 1. The Balaban J connectivity index is 1.89. The molecule has 5 heteroatoms. The van der Waals surface area contributed by atoms with E-state index in [9.17, 15) is 14.0 Å². The van der Waals surface area contributed by atoms with Crippen LogP contribution in [0.15, 0.2) is 24.3 Å². The molecule has 2 N–H and O–H groups in total. The lowest BCUT2D eigenvalue weighted by Crippen LogP contribution is -2.40. The zero-order valence-corrected chi connectivity index (χ0v) is 12.0. The second kappa shape index (κ2) is 6.70. The molecule has 0 aliphatic heterocycles. The molecular weight excluding hydrogens is 273 g/mol. The maximum atomic E-state index is 12.9. The van der Waals surface area contributed by atoms with Crippen molar-refractivity contribution < 1.29 is 19.1 Å². The number of hydrogen-bond acceptors (Lipinski definition) is 2. The van der Waals surface area contributed by atoms with Crippen LogP contribution < -0.4 is 5.32 Å². The summed E-state index contributed by atoms with van der Waals surface area (Å²) in [5.74, 6) is -1.80. The fourth-order valence-corrected chi connectivity index (χ4v) is 2.88. The summed E-state index contributed by atoms with van der Waals surface area (Å²) in [6.45, 7) is 1.90. The van der Waals surface area contributed by atoms with Crippen molar-refractivity contribution in [2.45, 2.75) is 44.6 Å². The Morgan fingerprint density at radius 2 is 2.00 bits per heavy atom. The number of carbonyl (C=O) groups is 2. The average Bonchev–Trinajstić information content (AvgIpc) is 2.87. The quantitative estimate of drug-likeness (QED) is 0.877. The number of carboxylic acid groups (broad SMARTS) is 1. The van der Waals surface area contributed by atoms with Gasteiger partial charge in [0.25, 0.3) is 0 Å². The molecule has 0 aromatic heterocycles. The largest absolute Gasteiger partial charge is 0.481 e. The third-order valence-electron chi connectivity index (χ3n) is 4.11. The number of aliphatic carboxylic acids is 1. The minimum atomic E-state index is -0.843. The van der Waals surface area contributed by atoms with Crippen LogP contribution in [-0.4, -0.2) is 23.0 Å². The van der Waals surface area contributed by atoms with Gasteiger partial charge in [0.2, 0.25) is 5.91 Å². The van der Waals surface area contributed by atoms with Crippen LogP contribution in [0.3, 0.4) is 0 Å². The van der Waals surface area contributed by atoms with Gasteiger partial charge in [-0.15, -0.1) is 0 Å². The van der Waals surface area contributed by atoms with Crippen molar-refractivity contribution in [3.63, 3.8) is 0 Å². The van der Waals surface area contributed by atoms with Crippen LogP contribution in [0.25, 0.3) is 0 Å². The maximum Gasteiger partial charge on any atom is 0.308 e. The molecule has 1 aliphatic rings. The fourth-order valence-electron chi connectivity index (χ4n) is 2.88. The highest BCUT2D eigenvalue weighted by Crippen LogP contribution is 2.26. The molecule has 1 unspecified atom stereocenters. The molecule has 114 valence electrons. The molecule has 0 saturated heterocycles. The van der Waals surface area contributed by atoms with Crippen LogP contribution >= 0.6 is 0 Å². The van der Waals surface area contributed by atoms with Gasteiger partial charge < -0.3 is 10.4 Å². The molecule has 0 radical (unpaired) electrons. The van der Waals surface area contributed by atoms with E-state index in [0.29, 0.717) is 12.8 Å². The molecule has 1 fully saturated rings. The second-order valence-corrected chi connectivity index (χ2v) is 5.71. The van der Waals surface area contributed by atoms with Crippen LogP contribution in [0.5, 0.6) is 0 Å². The highest BCUT2D eigenvalue weighted by molar-refractivity contribution is 5.79. The lowest BCUT2D eigenvalue weighted by molar-refractivity contribution is -0.142. The summed E-state index contributed by atoms with van der Waals surface area (Å²) in [6.07, 6.45) is 2.44. The van der Waals surface area contributed by atoms with Gasteiger partial charge in [0.15, 0.2) is 0 Å². The molecule has 2 rings (SSSR count). The first kappa shape index (κ1) is 15.5. The van der Waals surface area contributed by atoms with E-state index in [0.717, 1.165) is 12.0 Å². The summed E-state index contributed by atoms with van der Waals surface area (Å²) in [4.78, 5) is 23.1. The summed E-state index contributed by atoms with van der Waals surface area (Å²) >= 11 is 0. The van der Waals surface area contributed by atoms with Gasteiger partial charge in [-0.3, -0.25) is 9.59 Å². The molecule has 1 aromatic rings. The summed E-state index contributed by atoms with van der Waals surface area (Å²) < 4.78 is 12.9. The first-order valence-corrected chi connectivity index (χ1v) is 7.25. The Morgan fingerprint density at radius 1 is 1.33 bits per heavy atom. The van der Waals surface area contributed by atoms with E-state index in [2.05, 4.69) is 5.32 Å². The molecule has 4 nitrogen and oxygen atoms in total. The monoisotopic (exact) mass is 293 g/mol. The number of halogens is 1. The Bertz CT molecular complexity index is 515. The van der Waals surface area contributed by atoms with Gasteiger partial charge in [-0.1, -0.05) is 25.5 Å². The average molecular weight is 293 g/mol. The van der Waals surface area contributed by atoms with Gasteiger partial charge in [-0.05, 0) is 36.5 Å². The van der Waals surface area contributed by atoms with Crippen molar-refractivity contribution in [3.05, 3.63) is 35.6 Å². The number of amides is 1. The Kier molecular flexibility index (Phi) is 4.94. The summed E-state index contributed by atoms with van der Waals surface area (Å²) in [7, 11) is 0. The van der Waals surface area contributed by atoms with Crippen molar-refractivity contribution in [1.29, 1.82) is 0 Å².